The van der Waals surface area contributed by atoms with Crippen molar-refractivity contribution < 1.29 is 18.9 Å². The van der Waals surface area contributed by atoms with Gasteiger partial charge >= 0.3 is 5.63 Å². The van der Waals surface area contributed by atoms with E-state index in [-0.39, 0.29) is 22.6 Å². The van der Waals surface area contributed by atoms with E-state index in [2.05, 4.69) is 5.32 Å². The summed E-state index contributed by atoms with van der Waals surface area (Å²) in [6.07, 6.45) is 0. The maximum Gasteiger partial charge on any atom is 0.344 e. The SMILES string of the molecule is CC(=O)c1ccc(NC(=O)c2cc3ccc([N+](=O)[O-])cc3c(=O)o2)cc1. The number of rotatable bonds is 4. The van der Waals surface area contributed by atoms with Crippen molar-refractivity contribution in [2.75, 3.05) is 5.32 Å². The number of benzene rings is 2. The molecule has 0 saturated heterocycles. The van der Waals surface area contributed by atoms with Gasteiger partial charge in [-0.2, -0.15) is 0 Å². The van der Waals surface area contributed by atoms with Crippen molar-refractivity contribution in [2.45, 2.75) is 6.92 Å². The van der Waals surface area contributed by atoms with Crippen molar-refractivity contribution >= 4 is 33.8 Å². The van der Waals surface area contributed by atoms with E-state index < -0.39 is 16.5 Å². The molecule has 130 valence electrons. The zero-order valence-corrected chi connectivity index (χ0v) is 13.5. The molecule has 0 bridgehead atoms. The number of nitro groups is 1. The minimum Gasteiger partial charge on any atom is -0.417 e. The second kappa shape index (κ2) is 6.60. The molecule has 0 aliphatic rings. The fourth-order valence-electron chi connectivity index (χ4n) is 2.38. The first-order valence-electron chi connectivity index (χ1n) is 7.50. The second-order valence-electron chi connectivity index (χ2n) is 5.51. The van der Waals surface area contributed by atoms with Crippen LogP contribution in [0.15, 0.2) is 57.7 Å². The number of nitrogens with zero attached hydrogens (tertiary/aromatic N) is 1. The summed E-state index contributed by atoms with van der Waals surface area (Å²) >= 11 is 0. The molecule has 0 unspecified atom stereocenters. The Hall–Kier alpha value is -3.81. The summed E-state index contributed by atoms with van der Waals surface area (Å²) in [4.78, 5) is 45.7. The lowest BCUT2D eigenvalue weighted by Gasteiger charge is -2.06. The van der Waals surface area contributed by atoms with Crippen LogP contribution in [0.4, 0.5) is 11.4 Å². The van der Waals surface area contributed by atoms with E-state index in [0.717, 1.165) is 6.07 Å². The van der Waals surface area contributed by atoms with Gasteiger partial charge in [0.2, 0.25) is 0 Å². The molecular weight excluding hydrogens is 340 g/mol. The number of hydrogen-bond donors (Lipinski definition) is 1. The highest BCUT2D eigenvalue weighted by Gasteiger charge is 2.15. The Morgan fingerprint density at radius 3 is 2.38 bits per heavy atom. The van der Waals surface area contributed by atoms with Gasteiger partial charge in [-0.25, -0.2) is 4.79 Å². The van der Waals surface area contributed by atoms with Gasteiger partial charge in [-0.15, -0.1) is 0 Å². The first kappa shape index (κ1) is 17.0. The van der Waals surface area contributed by atoms with Crippen LogP contribution in [0.5, 0.6) is 0 Å². The van der Waals surface area contributed by atoms with Crippen molar-refractivity contribution in [2.24, 2.45) is 0 Å². The molecule has 0 aliphatic heterocycles. The molecule has 0 spiro atoms. The van der Waals surface area contributed by atoms with Crippen molar-refractivity contribution in [1.29, 1.82) is 0 Å². The molecule has 0 saturated carbocycles. The third kappa shape index (κ3) is 3.34. The number of non-ortho nitro benzene ring substituents is 1. The fraction of sp³-hybridized carbons (Fsp3) is 0.0556. The van der Waals surface area contributed by atoms with Crippen LogP contribution in [0.3, 0.4) is 0 Å². The molecule has 1 aromatic heterocycles. The average molecular weight is 352 g/mol. The van der Waals surface area contributed by atoms with Crippen LogP contribution in [0, 0.1) is 10.1 Å². The number of ketones is 1. The molecule has 1 heterocycles. The van der Waals surface area contributed by atoms with E-state index in [4.69, 9.17) is 4.42 Å². The van der Waals surface area contributed by atoms with Gasteiger partial charge in [0.1, 0.15) is 0 Å². The number of hydrogen-bond acceptors (Lipinski definition) is 6. The van der Waals surface area contributed by atoms with Gasteiger partial charge in [-0.1, -0.05) is 0 Å². The minimum absolute atomic E-state index is 0.0153. The topological polar surface area (TPSA) is 120 Å². The van der Waals surface area contributed by atoms with Gasteiger partial charge in [0.15, 0.2) is 11.5 Å². The smallest absolute Gasteiger partial charge is 0.344 e. The Morgan fingerprint density at radius 2 is 1.77 bits per heavy atom. The number of nitro benzene ring substituents is 1. The molecule has 1 amide bonds. The minimum atomic E-state index is -0.844. The Bertz CT molecular complexity index is 1100. The van der Waals surface area contributed by atoms with Crippen LogP contribution in [-0.2, 0) is 0 Å². The van der Waals surface area contributed by atoms with E-state index in [0.29, 0.717) is 16.6 Å². The Labute approximate surface area is 146 Å². The van der Waals surface area contributed by atoms with E-state index in [9.17, 15) is 24.5 Å². The van der Waals surface area contributed by atoms with Gasteiger partial charge in [-0.3, -0.25) is 19.7 Å². The molecule has 0 radical (unpaired) electrons. The van der Waals surface area contributed by atoms with E-state index >= 15 is 0 Å². The van der Waals surface area contributed by atoms with Gasteiger partial charge in [0, 0.05) is 23.4 Å². The summed E-state index contributed by atoms with van der Waals surface area (Å²) in [7, 11) is 0. The molecule has 2 aromatic carbocycles. The molecule has 0 fully saturated rings. The molecule has 1 N–H and O–H groups in total. The van der Waals surface area contributed by atoms with Crippen molar-refractivity contribution in [3.05, 3.63) is 80.4 Å². The lowest BCUT2D eigenvalue weighted by atomic mass is 10.1. The first-order chi connectivity index (χ1) is 12.3. The zero-order chi connectivity index (χ0) is 18.8. The summed E-state index contributed by atoms with van der Waals surface area (Å²) in [6.45, 7) is 1.43. The summed E-state index contributed by atoms with van der Waals surface area (Å²) in [5, 5.41) is 13.7. The maximum atomic E-state index is 12.3. The Balaban J connectivity index is 1.91. The van der Waals surface area contributed by atoms with Crippen molar-refractivity contribution in [3.8, 4) is 0 Å². The Morgan fingerprint density at radius 1 is 1.08 bits per heavy atom. The number of carbonyl (C=O) groups is 2. The van der Waals surface area contributed by atoms with Crippen molar-refractivity contribution in [3.63, 3.8) is 0 Å². The lowest BCUT2D eigenvalue weighted by Crippen LogP contribution is -2.15. The van der Waals surface area contributed by atoms with E-state index in [1.165, 1.54) is 25.1 Å². The van der Waals surface area contributed by atoms with Crippen LogP contribution in [0.2, 0.25) is 0 Å². The third-order valence-corrected chi connectivity index (χ3v) is 3.73. The number of nitrogens with one attached hydrogen (secondary N) is 1. The largest absolute Gasteiger partial charge is 0.417 e. The molecule has 8 nitrogen and oxygen atoms in total. The van der Waals surface area contributed by atoms with Crippen LogP contribution >= 0.6 is 0 Å². The van der Waals surface area contributed by atoms with E-state index in [1.807, 2.05) is 0 Å². The van der Waals surface area contributed by atoms with E-state index in [1.54, 1.807) is 24.3 Å². The number of fused-ring (bicyclic) bond motifs is 1. The predicted molar refractivity (Wildman–Crippen MR) is 93.5 cm³/mol. The molecule has 3 aromatic rings. The second-order valence-corrected chi connectivity index (χ2v) is 5.51. The van der Waals surface area contributed by atoms with Crippen LogP contribution < -0.4 is 10.9 Å². The average Bonchev–Trinajstić information content (AvgIpc) is 2.61. The highest BCUT2D eigenvalue weighted by molar-refractivity contribution is 6.04. The summed E-state index contributed by atoms with van der Waals surface area (Å²) in [5.41, 5.74) is -0.163. The monoisotopic (exact) mass is 352 g/mol. The molecule has 3 rings (SSSR count). The van der Waals surface area contributed by atoms with Crippen LogP contribution in [0.1, 0.15) is 27.8 Å². The van der Waals surface area contributed by atoms with Gasteiger partial charge in [0.05, 0.1) is 10.3 Å². The van der Waals surface area contributed by atoms with Crippen LogP contribution in [0.25, 0.3) is 10.8 Å². The van der Waals surface area contributed by atoms with Crippen molar-refractivity contribution in [1.82, 2.24) is 0 Å². The number of carbonyl (C=O) groups excluding carboxylic acids is 2. The highest BCUT2D eigenvalue weighted by Crippen LogP contribution is 2.20. The first-order valence-corrected chi connectivity index (χ1v) is 7.50. The molecule has 8 heteroatoms. The predicted octanol–water partition coefficient (Wildman–Crippen LogP) is 3.16. The molecule has 0 aliphatic carbocycles. The molecular formula is C18H12N2O6. The Kier molecular flexibility index (Phi) is 4.32. The number of amides is 1. The standard InChI is InChI=1S/C18H12N2O6/c1-10(21)11-2-5-13(6-3-11)19-17(22)16-8-12-4-7-14(20(24)25)9-15(12)18(23)26-16/h2-9H,1H3,(H,19,22). The van der Waals surface area contributed by atoms with Gasteiger partial charge in [0.25, 0.3) is 11.6 Å². The maximum absolute atomic E-state index is 12.3. The van der Waals surface area contributed by atoms with Gasteiger partial charge < -0.3 is 9.73 Å². The lowest BCUT2D eigenvalue weighted by molar-refractivity contribution is -0.384. The molecule has 0 atom stereocenters. The highest BCUT2D eigenvalue weighted by atomic mass is 16.6. The number of Topliss-reactive ketones (excluding diaryl/α,β-unsaturated/α-hetero) is 1. The molecule has 26 heavy (non-hydrogen) atoms. The zero-order valence-electron chi connectivity index (χ0n) is 13.5. The number of anilines is 1. The fourth-order valence-corrected chi connectivity index (χ4v) is 2.38. The van der Waals surface area contributed by atoms with Crippen LogP contribution in [-0.4, -0.2) is 16.6 Å². The quantitative estimate of drug-likeness (QED) is 0.437. The van der Waals surface area contributed by atoms with Gasteiger partial charge in [-0.05, 0) is 48.7 Å². The third-order valence-electron chi connectivity index (χ3n) is 3.73. The normalized spacial score (nSPS) is 10.5. The summed E-state index contributed by atoms with van der Waals surface area (Å²) < 4.78 is 4.98. The summed E-state index contributed by atoms with van der Waals surface area (Å²) in [6, 6.07) is 11.3. The summed E-state index contributed by atoms with van der Waals surface area (Å²) in [5.74, 6) is -0.984.